The minimum atomic E-state index is 0.118. The summed E-state index contributed by atoms with van der Waals surface area (Å²) in [5.41, 5.74) is 1.60. The van der Waals surface area contributed by atoms with Crippen molar-refractivity contribution in [2.45, 2.75) is 44.6 Å². The molecular formula is C17H22ClN3O. The Kier molecular flexibility index (Phi) is 4.67. The maximum absolute atomic E-state index is 12.6. The number of hydrogen-bond acceptors (Lipinski definition) is 3. The van der Waals surface area contributed by atoms with Gasteiger partial charge in [-0.1, -0.05) is 30.9 Å². The predicted octanol–water partition coefficient (Wildman–Crippen LogP) is 3.70. The topological polar surface area (TPSA) is 35.9 Å². The van der Waals surface area contributed by atoms with E-state index in [2.05, 4.69) is 5.10 Å². The van der Waals surface area contributed by atoms with Gasteiger partial charge in [0.2, 0.25) is 0 Å². The molecule has 0 spiro atoms. The quantitative estimate of drug-likeness (QED) is 0.796. The Hall–Kier alpha value is -1.55. The summed E-state index contributed by atoms with van der Waals surface area (Å²) in [7, 11) is 1.87. The summed E-state index contributed by atoms with van der Waals surface area (Å²) in [4.78, 5) is 14.6. The van der Waals surface area contributed by atoms with Crippen LogP contribution in [0.3, 0.4) is 0 Å². The van der Waals surface area contributed by atoms with E-state index >= 15 is 0 Å². The van der Waals surface area contributed by atoms with Crippen molar-refractivity contribution in [1.29, 1.82) is 0 Å². The van der Waals surface area contributed by atoms with Crippen LogP contribution in [0, 0.1) is 0 Å². The van der Waals surface area contributed by atoms with Crippen molar-refractivity contribution in [2.75, 3.05) is 18.6 Å². The number of anilines is 1. The van der Waals surface area contributed by atoms with Crippen molar-refractivity contribution in [1.82, 2.24) is 4.90 Å². The molecule has 1 aromatic rings. The lowest BCUT2D eigenvalue weighted by atomic mass is 9.94. The van der Waals surface area contributed by atoms with Gasteiger partial charge < -0.3 is 4.90 Å². The van der Waals surface area contributed by atoms with E-state index in [0.29, 0.717) is 16.8 Å². The van der Waals surface area contributed by atoms with Gasteiger partial charge in [0.25, 0.3) is 5.91 Å². The van der Waals surface area contributed by atoms with Gasteiger partial charge in [-0.05, 0) is 37.1 Å². The summed E-state index contributed by atoms with van der Waals surface area (Å²) in [5, 5.41) is 6.97. The summed E-state index contributed by atoms with van der Waals surface area (Å²) < 4.78 is 0. The fourth-order valence-corrected chi connectivity index (χ4v) is 3.46. The van der Waals surface area contributed by atoms with Gasteiger partial charge >= 0.3 is 0 Å². The fraction of sp³-hybridized carbons (Fsp3) is 0.529. The van der Waals surface area contributed by atoms with Gasteiger partial charge in [-0.25, -0.2) is 0 Å². The van der Waals surface area contributed by atoms with E-state index in [1.165, 1.54) is 19.3 Å². The highest BCUT2D eigenvalue weighted by Gasteiger charge is 2.33. The molecule has 2 aliphatic rings. The Morgan fingerprint density at radius 2 is 1.86 bits per heavy atom. The molecule has 22 heavy (non-hydrogen) atoms. The van der Waals surface area contributed by atoms with Crippen LogP contribution in [-0.2, 0) is 4.79 Å². The molecule has 1 saturated carbocycles. The molecule has 0 bridgehead atoms. The van der Waals surface area contributed by atoms with E-state index in [0.717, 1.165) is 31.5 Å². The molecule has 5 heteroatoms. The number of likely N-dealkylation sites (tertiary alicyclic amines) is 1. The van der Waals surface area contributed by atoms with E-state index in [1.807, 2.05) is 36.2 Å². The Morgan fingerprint density at radius 1 is 1.18 bits per heavy atom. The molecule has 1 saturated heterocycles. The average Bonchev–Trinajstić information content (AvgIpc) is 2.90. The van der Waals surface area contributed by atoms with E-state index < -0.39 is 0 Å². The zero-order valence-corrected chi connectivity index (χ0v) is 13.7. The number of carbonyl (C=O) groups is 1. The minimum Gasteiger partial charge on any atom is -0.334 e. The lowest BCUT2D eigenvalue weighted by Crippen LogP contribution is -2.39. The van der Waals surface area contributed by atoms with Gasteiger partial charge in [-0.15, -0.1) is 0 Å². The second-order valence-corrected chi connectivity index (χ2v) is 6.52. The van der Waals surface area contributed by atoms with Crippen molar-refractivity contribution in [3.8, 4) is 0 Å². The molecular weight excluding hydrogens is 298 g/mol. The van der Waals surface area contributed by atoms with Crippen LogP contribution in [-0.4, -0.2) is 36.2 Å². The Balaban J connectivity index is 1.69. The standard InChI is InChI=1S/C17H22ClN3O/c1-20(14-9-7-13(18)8-10-14)19-16-11-12-21(17(16)22)15-5-3-2-4-6-15/h7-10,15H,2-6,11-12H2,1H3/b19-16+. The summed E-state index contributed by atoms with van der Waals surface area (Å²) in [6.07, 6.45) is 6.82. The second-order valence-electron chi connectivity index (χ2n) is 6.09. The molecule has 4 nitrogen and oxygen atoms in total. The Bertz CT molecular complexity index is 564. The third kappa shape index (κ3) is 3.27. The van der Waals surface area contributed by atoms with Crippen LogP contribution in [0.2, 0.25) is 5.02 Å². The lowest BCUT2D eigenvalue weighted by molar-refractivity contribution is -0.125. The third-order valence-electron chi connectivity index (χ3n) is 4.58. The summed E-state index contributed by atoms with van der Waals surface area (Å²) >= 11 is 5.90. The summed E-state index contributed by atoms with van der Waals surface area (Å²) in [5.74, 6) is 0.118. The van der Waals surface area contributed by atoms with Crippen molar-refractivity contribution >= 4 is 28.9 Å². The van der Waals surface area contributed by atoms with Crippen LogP contribution in [0.5, 0.6) is 0 Å². The van der Waals surface area contributed by atoms with Crippen LogP contribution < -0.4 is 5.01 Å². The monoisotopic (exact) mass is 319 g/mol. The maximum atomic E-state index is 12.6. The molecule has 1 aliphatic carbocycles. The average molecular weight is 320 g/mol. The number of nitrogens with zero attached hydrogens (tertiary/aromatic N) is 3. The van der Waals surface area contributed by atoms with Crippen LogP contribution in [0.15, 0.2) is 29.4 Å². The third-order valence-corrected chi connectivity index (χ3v) is 4.84. The van der Waals surface area contributed by atoms with Gasteiger partial charge in [0.15, 0.2) is 0 Å². The van der Waals surface area contributed by atoms with Crippen molar-refractivity contribution < 1.29 is 4.79 Å². The SMILES string of the molecule is CN(/N=C1\CCN(C2CCCCC2)C1=O)c1ccc(Cl)cc1. The highest BCUT2D eigenvalue weighted by atomic mass is 35.5. The molecule has 3 rings (SSSR count). The van der Waals surface area contributed by atoms with Gasteiger partial charge in [-0.3, -0.25) is 9.80 Å². The molecule has 0 radical (unpaired) electrons. The Labute approximate surface area is 136 Å². The highest BCUT2D eigenvalue weighted by Crippen LogP contribution is 2.26. The summed E-state index contributed by atoms with van der Waals surface area (Å²) in [6, 6.07) is 7.90. The number of halogens is 1. The predicted molar refractivity (Wildman–Crippen MR) is 90.5 cm³/mol. The van der Waals surface area contributed by atoms with Crippen LogP contribution >= 0.6 is 11.6 Å². The Morgan fingerprint density at radius 3 is 2.55 bits per heavy atom. The minimum absolute atomic E-state index is 0.118. The highest BCUT2D eigenvalue weighted by molar-refractivity contribution is 6.40. The largest absolute Gasteiger partial charge is 0.334 e. The number of hydrazone groups is 1. The number of benzene rings is 1. The number of carbonyl (C=O) groups excluding carboxylic acids is 1. The fourth-order valence-electron chi connectivity index (χ4n) is 3.33. The van der Waals surface area contributed by atoms with E-state index in [9.17, 15) is 4.79 Å². The van der Waals surface area contributed by atoms with Crippen molar-refractivity contribution in [3.05, 3.63) is 29.3 Å². The van der Waals surface area contributed by atoms with Gasteiger partial charge in [0.1, 0.15) is 5.71 Å². The molecule has 1 aliphatic heterocycles. The van der Waals surface area contributed by atoms with E-state index in [4.69, 9.17) is 11.6 Å². The molecule has 0 atom stereocenters. The number of amides is 1. The molecule has 1 amide bonds. The van der Waals surface area contributed by atoms with Crippen molar-refractivity contribution in [3.63, 3.8) is 0 Å². The summed E-state index contributed by atoms with van der Waals surface area (Å²) in [6.45, 7) is 0.816. The molecule has 0 unspecified atom stereocenters. The van der Waals surface area contributed by atoms with Crippen molar-refractivity contribution in [2.24, 2.45) is 5.10 Å². The molecule has 0 aromatic heterocycles. The molecule has 0 N–H and O–H groups in total. The lowest BCUT2D eigenvalue weighted by Gasteiger charge is -2.30. The molecule has 118 valence electrons. The number of hydrogen-bond donors (Lipinski definition) is 0. The first-order chi connectivity index (χ1) is 10.6. The van der Waals surface area contributed by atoms with Crippen LogP contribution in [0.1, 0.15) is 38.5 Å². The number of rotatable bonds is 3. The smallest absolute Gasteiger partial charge is 0.270 e. The molecule has 1 heterocycles. The van der Waals surface area contributed by atoms with Gasteiger partial charge in [0.05, 0.1) is 5.69 Å². The van der Waals surface area contributed by atoms with E-state index in [-0.39, 0.29) is 5.91 Å². The first kappa shape index (κ1) is 15.3. The van der Waals surface area contributed by atoms with Crippen LogP contribution in [0.4, 0.5) is 5.69 Å². The first-order valence-electron chi connectivity index (χ1n) is 8.03. The first-order valence-corrected chi connectivity index (χ1v) is 8.40. The van der Waals surface area contributed by atoms with Crippen LogP contribution in [0.25, 0.3) is 0 Å². The zero-order chi connectivity index (χ0) is 15.5. The van der Waals surface area contributed by atoms with E-state index in [1.54, 1.807) is 5.01 Å². The maximum Gasteiger partial charge on any atom is 0.270 e. The van der Waals surface area contributed by atoms with Gasteiger partial charge in [-0.2, -0.15) is 5.10 Å². The second kappa shape index (κ2) is 6.69. The molecule has 2 fully saturated rings. The zero-order valence-electron chi connectivity index (χ0n) is 13.0. The molecule has 1 aromatic carbocycles. The normalized spacial score (nSPS) is 21.6. The van der Waals surface area contributed by atoms with Gasteiger partial charge in [0, 0.05) is 31.1 Å².